The summed E-state index contributed by atoms with van der Waals surface area (Å²) in [6.07, 6.45) is 2.87. The van der Waals surface area contributed by atoms with E-state index in [1.165, 1.54) is 27.0 Å². The molecule has 9 heteroatoms. The highest BCUT2D eigenvalue weighted by molar-refractivity contribution is 7.16. The van der Waals surface area contributed by atoms with Gasteiger partial charge >= 0.3 is 5.97 Å². The molecule has 1 atom stereocenters. The molecule has 4 heterocycles. The Hall–Kier alpha value is -2.39. The molecule has 1 spiro atoms. The van der Waals surface area contributed by atoms with E-state index in [0.717, 1.165) is 49.8 Å². The van der Waals surface area contributed by atoms with Crippen LogP contribution in [0.15, 0.2) is 36.4 Å². The van der Waals surface area contributed by atoms with Crippen molar-refractivity contribution in [3.8, 4) is 0 Å². The lowest BCUT2D eigenvalue weighted by atomic mass is 10.0. The number of aromatic nitrogens is 1. The molecular weight excluding hydrogens is 496 g/mol. The van der Waals surface area contributed by atoms with E-state index in [1.54, 1.807) is 11.3 Å². The van der Waals surface area contributed by atoms with E-state index in [-0.39, 0.29) is 24.0 Å². The first-order chi connectivity index (χ1) is 17.3. The second-order valence-corrected chi connectivity index (χ2v) is 12.4. The molecule has 1 saturated heterocycles. The fourth-order valence-electron chi connectivity index (χ4n) is 6.36. The van der Waals surface area contributed by atoms with Crippen molar-refractivity contribution in [2.45, 2.75) is 50.9 Å². The van der Waals surface area contributed by atoms with E-state index in [2.05, 4.69) is 51.6 Å². The molecule has 2 fully saturated rings. The topological polar surface area (TPSA) is 69.0 Å². The highest BCUT2D eigenvalue weighted by Crippen LogP contribution is 2.45. The van der Waals surface area contributed by atoms with Crippen LogP contribution in [-0.2, 0) is 29.1 Å². The van der Waals surface area contributed by atoms with Gasteiger partial charge in [0, 0.05) is 52.7 Å². The van der Waals surface area contributed by atoms with Gasteiger partial charge in [-0.1, -0.05) is 29.8 Å². The van der Waals surface area contributed by atoms with Gasteiger partial charge in [0.1, 0.15) is 0 Å². The van der Waals surface area contributed by atoms with Crippen LogP contribution in [0.5, 0.6) is 0 Å². The molecule has 0 radical (unpaired) electrons. The summed E-state index contributed by atoms with van der Waals surface area (Å²) < 4.78 is 3.15. The number of rotatable bonds is 6. The predicted molar refractivity (Wildman–Crippen MR) is 142 cm³/mol. The number of piperazine rings is 1. The normalized spacial score (nSPS) is 21.7. The Balaban J connectivity index is 1.20. The lowest BCUT2D eigenvalue weighted by Gasteiger charge is -2.46. The Kier molecular flexibility index (Phi) is 6.11. The summed E-state index contributed by atoms with van der Waals surface area (Å²) in [5, 5.41) is 10.6. The molecule has 36 heavy (non-hydrogen) atoms. The van der Waals surface area contributed by atoms with Crippen molar-refractivity contribution in [1.29, 1.82) is 0 Å². The summed E-state index contributed by atoms with van der Waals surface area (Å²) in [7, 11) is 0. The molecule has 1 aromatic carbocycles. The van der Waals surface area contributed by atoms with Crippen LogP contribution in [0.1, 0.15) is 35.9 Å². The number of benzene rings is 1. The zero-order valence-electron chi connectivity index (χ0n) is 20.5. The molecule has 0 unspecified atom stereocenters. The van der Waals surface area contributed by atoms with E-state index in [4.69, 9.17) is 11.6 Å². The van der Waals surface area contributed by atoms with Gasteiger partial charge in [0.15, 0.2) is 0 Å². The number of thiophene rings is 1. The molecule has 1 aliphatic carbocycles. The van der Waals surface area contributed by atoms with E-state index in [1.807, 2.05) is 11.0 Å². The Labute approximate surface area is 219 Å². The number of carbonyl (C=O) groups is 2. The van der Waals surface area contributed by atoms with Crippen LogP contribution in [-0.4, -0.2) is 80.6 Å². The Bertz CT molecular complexity index is 1330. The molecular formula is C27H31ClN4O3S. The number of hydrogen-bond donors (Lipinski definition) is 1. The number of aliphatic carboxylic acids is 1. The summed E-state index contributed by atoms with van der Waals surface area (Å²) >= 11 is 7.81. The van der Waals surface area contributed by atoms with Gasteiger partial charge in [0.05, 0.1) is 30.5 Å². The lowest BCUT2D eigenvalue weighted by molar-refractivity contribution is -0.143. The number of fused-ring (bicyclic) bond motifs is 3. The van der Waals surface area contributed by atoms with Crippen LogP contribution in [0.3, 0.4) is 0 Å². The van der Waals surface area contributed by atoms with E-state index in [9.17, 15) is 14.7 Å². The monoisotopic (exact) mass is 526 g/mol. The molecule has 3 aromatic rings. The highest BCUT2D eigenvalue weighted by Gasteiger charge is 2.54. The largest absolute Gasteiger partial charge is 0.480 e. The van der Waals surface area contributed by atoms with Gasteiger partial charge in [0.25, 0.3) is 0 Å². The number of nitrogens with zero attached hydrogens (tertiary/aromatic N) is 4. The zero-order valence-corrected chi connectivity index (χ0v) is 22.0. The van der Waals surface area contributed by atoms with Crippen LogP contribution in [0, 0.1) is 0 Å². The molecule has 6 rings (SSSR count). The van der Waals surface area contributed by atoms with E-state index < -0.39 is 5.97 Å². The van der Waals surface area contributed by atoms with Gasteiger partial charge in [-0.25, -0.2) is 0 Å². The van der Waals surface area contributed by atoms with Crippen LogP contribution in [0.4, 0.5) is 0 Å². The van der Waals surface area contributed by atoms with Crippen molar-refractivity contribution in [2.75, 3.05) is 32.7 Å². The number of halogens is 1. The molecule has 7 nitrogen and oxygen atoms in total. The maximum atomic E-state index is 13.5. The number of amides is 1. The van der Waals surface area contributed by atoms with Gasteiger partial charge in [-0.15, -0.1) is 11.3 Å². The van der Waals surface area contributed by atoms with Crippen molar-refractivity contribution in [1.82, 2.24) is 19.3 Å². The fraction of sp³-hybridized carbons (Fsp3) is 0.481. The number of hydrogen-bond acceptors (Lipinski definition) is 5. The zero-order chi connectivity index (χ0) is 25.0. The summed E-state index contributed by atoms with van der Waals surface area (Å²) in [5.74, 6) is -0.617. The summed E-state index contributed by atoms with van der Waals surface area (Å²) in [6.45, 7) is 6.14. The third-order valence-electron chi connectivity index (χ3n) is 8.14. The first kappa shape index (κ1) is 24.0. The number of carbonyl (C=O) groups excluding carboxylic acids is 1. The van der Waals surface area contributed by atoms with Crippen molar-refractivity contribution in [3.05, 3.63) is 56.9 Å². The van der Waals surface area contributed by atoms with E-state index in [0.29, 0.717) is 13.1 Å². The maximum absolute atomic E-state index is 13.5. The second kappa shape index (κ2) is 9.17. The first-order valence-electron chi connectivity index (χ1n) is 12.6. The Morgan fingerprint density at radius 1 is 1.17 bits per heavy atom. The molecule has 3 aliphatic rings. The highest BCUT2D eigenvalue weighted by atomic mass is 35.5. The molecule has 0 bridgehead atoms. The van der Waals surface area contributed by atoms with Crippen molar-refractivity contribution >= 4 is 45.7 Å². The average Bonchev–Trinajstić information content (AvgIpc) is 3.38. The van der Waals surface area contributed by atoms with Crippen LogP contribution >= 0.6 is 22.9 Å². The van der Waals surface area contributed by atoms with E-state index >= 15 is 0 Å². The number of carboxylic acids is 1. The fourth-order valence-corrected chi connectivity index (χ4v) is 7.44. The molecule has 1 saturated carbocycles. The molecule has 190 valence electrons. The first-order valence-corrected chi connectivity index (χ1v) is 13.8. The summed E-state index contributed by atoms with van der Waals surface area (Å²) in [6, 6.07) is 12.7. The Morgan fingerprint density at radius 2 is 1.97 bits per heavy atom. The third-order valence-corrected chi connectivity index (χ3v) is 9.35. The second-order valence-electron chi connectivity index (χ2n) is 10.6. The predicted octanol–water partition coefficient (Wildman–Crippen LogP) is 3.91. The molecule has 2 aliphatic heterocycles. The van der Waals surface area contributed by atoms with Crippen molar-refractivity contribution in [2.24, 2.45) is 0 Å². The quantitative estimate of drug-likeness (QED) is 0.527. The van der Waals surface area contributed by atoms with Gasteiger partial charge in [0.2, 0.25) is 5.91 Å². The third kappa shape index (κ3) is 4.34. The van der Waals surface area contributed by atoms with Crippen LogP contribution in [0.2, 0.25) is 4.34 Å². The minimum absolute atomic E-state index is 0.0696. The molecule has 2 aromatic heterocycles. The summed E-state index contributed by atoms with van der Waals surface area (Å²) in [5.41, 5.74) is 3.71. The van der Waals surface area contributed by atoms with Gasteiger partial charge in [-0.3, -0.25) is 19.4 Å². The SMILES string of the molecule is C[C@@H]1CN(CC(=O)N2CCc3c(n(Cc4ccc(Cl)s4)c4ccccc34)C2)CC2(CC2)N1CC(=O)O. The van der Waals surface area contributed by atoms with Crippen LogP contribution < -0.4 is 0 Å². The minimum atomic E-state index is -0.776. The molecule has 1 N–H and O–H groups in total. The van der Waals surface area contributed by atoms with Gasteiger partial charge < -0.3 is 14.6 Å². The maximum Gasteiger partial charge on any atom is 0.317 e. The number of para-hydroxylation sites is 1. The van der Waals surface area contributed by atoms with Gasteiger partial charge in [-0.05, 0) is 49.9 Å². The smallest absolute Gasteiger partial charge is 0.317 e. The average molecular weight is 527 g/mol. The molecule has 1 amide bonds. The minimum Gasteiger partial charge on any atom is -0.480 e. The summed E-state index contributed by atoms with van der Waals surface area (Å²) in [4.78, 5) is 32.5. The standard InChI is InChI=1S/C27H31ClN4O3S/c1-18-12-29(17-27(9-10-27)32(18)16-26(34)35)15-25(33)30-11-8-21-20-4-2-3-5-22(20)31(23(21)14-30)13-19-6-7-24(28)36-19/h2-7,18H,8-17H2,1H3,(H,34,35)/t18-/m1/s1. The van der Waals surface area contributed by atoms with Crippen molar-refractivity contribution in [3.63, 3.8) is 0 Å². The van der Waals surface area contributed by atoms with Crippen molar-refractivity contribution < 1.29 is 14.7 Å². The Morgan fingerprint density at radius 3 is 2.69 bits per heavy atom. The lowest BCUT2D eigenvalue weighted by Crippen LogP contribution is -2.61. The number of carboxylic acid groups (broad SMARTS) is 1. The van der Waals surface area contributed by atoms with Crippen LogP contribution in [0.25, 0.3) is 10.9 Å². The van der Waals surface area contributed by atoms with Gasteiger partial charge in [-0.2, -0.15) is 0 Å².